The molecule has 2 aromatic carbocycles. The summed E-state index contributed by atoms with van der Waals surface area (Å²) in [6.45, 7) is 0. The maximum atomic E-state index is 6.42. The Hall–Kier alpha value is -2.10. The second-order valence-electron chi connectivity index (χ2n) is 6.07. The predicted molar refractivity (Wildman–Crippen MR) is 102 cm³/mol. The molecule has 24 heavy (non-hydrogen) atoms. The van der Waals surface area contributed by atoms with Gasteiger partial charge in [-0.15, -0.1) is 11.3 Å². The average molecular weight is 351 g/mol. The largest absolute Gasteiger partial charge is 0.350 e. The lowest BCUT2D eigenvalue weighted by molar-refractivity contribution is 0.781. The van der Waals surface area contributed by atoms with Crippen molar-refractivity contribution >= 4 is 45.5 Å². The zero-order chi connectivity index (χ0) is 16.1. The zero-order valence-corrected chi connectivity index (χ0v) is 14.5. The third-order valence-electron chi connectivity index (χ3n) is 4.61. The van der Waals surface area contributed by atoms with Gasteiger partial charge in [-0.1, -0.05) is 66.2 Å². The summed E-state index contributed by atoms with van der Waals surface area (Å²) in [7, 11) is 0. The molecule has 4 heteroatoms. The number of benzene rings is 2. The number of hydrogen-bond acceptors (Lipinski definition) is 3. The van der Waals surface area contributed by atoms with Crippen LogP contribution in [0.1, 0.15) is 22.4 Å². The van der Waals surface area contributed by atoms with Gasteiger partial charge in [0.2, 0.25) is 0 Å². The quantitative estimate of drug-likeness (QED) is 0.524. The number of halogens is 1. The van der Waals surface area contributed by atoms with Crippen LogP contribution in [-0.4, -0.2) is 5.62 Å². The highest BCUT2D eigenvalue weighted by Gasteiger charge is 2.21. The lowest BCUT2D eigenvalue weighted by atomic mass is 10.0. The highest BCUT2D eigenvalue weighted by molar-refractivity contribution is 7.10. The van der Waals surface area contributed by atoms with Crippen LogP contribution in [0.4, 0.5) is 0 Å². The summed E-state index contributed by atoms with van der Waals surface area (Å²) in [6, 6.07) is 14.9. The van der Waals surface area contributed by atoms with Gasteiger partial charge in [0.05, 0.1) is 15.6 Å². The minimum absolute atomic E-state index is 0.430. The molecule has 1 atom stereocenters. The van der Waals surface area contributed by atoms with Crippen LogP contribution in [0, 0.1) is 0 Å². The van der Waals surface area contributed by atoms with Gasteiger partial charge >= 0.3 is 0 Å². The molecule has 2 aliphatic rings. The smallest absolute Gasteiger partial charge is 0.196 e. The van der Waals surface area contributed by atoms with Crippen LogP contribution < -0.4 is 15.2 Å². The van der Waals surface area contributed by atoms with E-state index in [-0.39, 0.29) is 0 Å². The van der Waals surface area contributed by atoms with E-state index in [1.165, 1.54) is 31.3 Å². The van der Waals surface area contributed by atoms with Gasteiger partial charge in [-0.25, -0.2) is 4.99 Å². The van der Waals surface area contributed by atoms with Crippen molar-refractivity contribution in [1.82, 2.24) is 5.32 Å². The van der Waals surface area contributed by atoms with Gasteiger partial charge in [0.25, 0.3) is 0 Å². The lowest BCUT2D eigenvalue weighted by Gasteiger charge is -2.18. The Morgan fingerprint density at radius 3 is 2.96 bits per heavy atom. The van der Waals surface area contributed by atoms with Gasteiger partial charge < -0.3 is 5.32 Å². The minimum Gasteiger partial charge on any atom is -0.350 e. The van der Waals surface area contributed by atoms with Crippen molar-refractivity contribution in [3.63, 3.8) is 0 Å². The number of fused-ring (bicyclic) bond motifs is 4. The molecule has 0 amide bonds. The molecular weight excluding hydrogens is 336 g/mol. The summed E-state index contributed by atoms with van der Waals surface area (Å²) in [6.07, 6.45) is 6.63. The Labute approximate surface area is 148 Å². The third kappa shape index (κ3) is 2.12. The minimum atomic E-state index is -0.430. The summed E-state index contributed by atoms with van der Waals surface area (Å²) >= 11 is 8.27. The maximum absolute atomic E-state index is 6.42. The second kappa shape index (κ2) is 5.47. The van der Waals surface area contributed by atoms with Crippen LogP contribution in [0.3, 0.4) is 0 Å². The highest BCUT2D eigenvalue weighted by atomic mass is 35.5. The van der Waals surface area contributed by atoms with Crippen molar-refractivity contribution in [3.8, 4) is 0 Å². The second-order valence-corrected chi connectivity index (χ2v) is 7.59. The molecule has 3 aromatic rings. The highest BCUT2D eigenvalue weighted by Crippen LogP contribution is 2.26. The van der Waals surface area contributed by atoms with E-state index in [0.29, 0.717) is 0 Å². The van der Waals surface area contributed by atoms with Crippen LogP contribution in [0.2, 0.25) is 0 Å². The molecule has 5 rings (SSSR count). The summed E-state index contributed by atoms with van der Waals surface area (Å²) in [5, 5.41) is 6.91. The van der Waals surface area contributed by atoms with E-state index in [0.717, 1.165) is 23.9 Å². The Bertz CT molecular complexity index is 1110. The number of hydrogen-bond donors (Lipinski definition) is 1. The van der Waals surface area contributed by atoms with Gasteiger partial charge in [0, 0.05) is 16.0 Å². The Morgan fingerprint density at radius 1 is 1.12 bits per heavy atom. The first kappa shape index (κ1) is 14.3. The van der Waals surface area contributed by atoms with E-state index in [1.54, 1.807) is 0 Å². The Kier molecular flexibility index (Phi) is 3.25. The molecule has 2 nitrogen and oxygen atoms in total. The number of aryl methyl sites for hydroxylation is 1. The van der Waals surface area contributed by atoms with Crippen molar-refractivity contribution < 1.29 is 0 Å². The molecule has 1 N–H and O–H groups in total. The van der Waals surface area contributed by atoms with E-state index in [4.69, 9.17) is 11.6 Å². The number of nitrogens with one attached hydrogen (secondary N) is 1. The molecule has 0 radical (unpaired) electrons. The molecule has 1 aliphatic carbocycles. The molecule has 1 aromatic heterocycles. The van der Waals surface area contributed by atoms with Gasteiger partial charge in [-0.3, -0.25) is 0 Å². The van der Waals surface area contributed by atoms with E-state index < -0.39 is 5.62 Å². The maximum Gasteiger partial charge on any atom is 0.196 e. The SMILES string of the molecule is ClC1N=c2c3c(sc2=C(c2cccc4ccccc24)N1)CCC=C3. The molecule has 1 unspecified atom stereocenters. The molecule has 0 bridgehead atoms. The first-order chi connectivity index (χ1) is 11.8. The van der Waals surface area contributed by atoms with Crippen LogP contribution >= 0.6 is 22.9 Å². The van der Waals surface area contributed by atoms with Crippen LogP contribution in [0.15, 0.2) is 53.5 Å². The third-order valence-corrected chi connectivity index (χ3v) is 6.09. The fourth-order valence-electron chi connectivity index (χ4n) is 3.53. The number of allylic oxidation sites excluding steroid dienone is 1. The summed E-state index contributed by atoms with van der Waals surface area (Å²) < 4.78 is 1.21. The van der Waals surface area contributed by atoms with Crippen molar-refractivity contribution in [2.24, 2.45) is 4.99 Å². The fraction of sp³-hybridized carbons (Fsp3) is 0.150. The van der Waals surface area contributed by atoms with Crippen LogP contribution in [-0.2, 0) is 6.42 Å². The predicted octanol–water partition coefficient (Wildman–Crippen LogP) is 3.76. The number of thiophene rings is 1. The lowest BCUT2D eigenvalue weighted by Crippen LogP contribution is -2.39. The molecule has 2 heterocycles. The number of alkyl halides is 1. The van der Waals surface area contributed by atoms with Crippen molar-refractivity contribution in [2.45, 2.75) is 18.5 Å². The van der Waals surface area contributed by atoms with Gasteiger partial charge in [-0.2, -0.15) is 0 Å². The molecule has 0 saturated carbocycles. The zero-order valence-electron chi connectivity index (χ0n) is 12.9. The Balaban J connectivity index is 1.89. The van der Waals surface area contributed by atoms with E-state index in [1.807, 2.05) is 11.3 Å². The summed E-state index contributed by atoms with van der Waals surface area (Å²) in [5.41, 5.74) is 3.12. The van der Waals surface area contributed by atoms with Gasteiger partial charge in [0.15, 0.2) is 5.62 Å². The van der Waals surface area contributed by atoms with Crippen LogP contribution in [0.5, 0.6) is 0 Å². The van der Waals surface area contributed by atoms with Crippen LogP contribution in [0.25, 0.3) is 22.5 Å². The molecular formula is C20H15ClN2S. The van der Waals surface area contributed by atoms with E-state index in [9.17, 15) is 0 Å². The number of nitrogens with zero attached hydrogens (tertiary/aromatic N) is 1. The molecule has 0 fully saturated rings. The van der Waals surface area contributed by atoms with Gasteiger partial charge in [0.1, 0.15) is 0 Å². The topological polar surface area (TPSA) is 24.4 Å². The summed E-state index contributed by atoms with van der Waals surface area (Å²) in [4.78, 5) is 6.08. The summed E-state index contributed by atoms with van der Waals surface area (Å²) in [5.74, 6) is 0. The average Bonchev–Trinajstić information content (AvgIpc) is 2.99. The van der Waals surface area contributed by atoms with E-state index >= 15 is 0 Å². The van der Waals surface area contributed by atoms with Gasteiger partial charge in [-0.05, 0) is 23.6 Å². The van der Waals surface area contributed by atoms with Crippen molar-refractivity contribution in [3.05, 3.63) is 74.4 Å². The monoisotopic (exact) mass is 350 g/mol. The first-order valence-electron chi connectivity index (χ1n) is 8.10. The Morgan fingerprint density at radius 2 is 2.00 bits per heavy atom. The fourth-order valence-corrected chi connectivity index (χ4v) is 5.00. The molecule has 0 saturated heterocycles. The molecule has 0 spiro atoms. The first-order valence-corrected chi connectivity index (χ1v) is 9.36. The molecule has 1 aliphatic heterocycles. The van der Waals surface area contributed by atoms with Crippen molar-refractivity contribution in [2.75, 3.05) is 0 Å². The van der Waals surface area contributed by atoms with E-state index in [2.05, 4.69) is 64.9 Å². The molecule has 118 valence electrons. The standard InChI is InChI=1S/C20H15ClN2S/c21-20-22-17(14-10-5-7-12-6-1-2-8-13(12)14)19-18(23-20)15-9-3-4-11-16(15)24-19/h1-3,5-10,20,22H,4,11H2. The number of rotatable bonds is 1. The normalized spacial score (nSPS) is 18.7. The van der Waals surface area contributed by atoms with Crippen molar-refractivity contribution in [1.29, 1.82) is 0 Å².